The zero-order valence-corrected chi connectivity index (χ0v) is 14.7. The van der Waals surface area contributed by atoms with E-state index in [4.69, 9.17) is 0 Å². The molecule has 0 aliphatic rings. The van der Waals surface area contributed by atoms with Crippen LogP contribution in [0.1, 0.15) is 38.1 Å². The number of benzene rings is 1. The van der Waals surface area contributed by atoms with Crippen LogP contribution in [0, 0.1) is 0 Å². The van der Waals surface area contributed by atoms with Crippen LogP contribution in [0.4, 0.5) is 0 Å². The fraction of sp³-hybridized carbons (Fsp3) is 0.588. The molecule has 4 nitrogen and oxygen atoms in total. The molecule has 0 saturated carbocycles. The summed E-state index contributed by atoms with van der Waals surface area (Å²) in [7, 11) is -0.863. The first kappa shape index (κ1) is 17.2. The Balaban J connectivity index is 2.03. The Hall–Kier alpha value is -1.20. The van der Waals surface area contributed by atoms with E-state index in [1.54, 1.807) is 6.26 Å². The Labute approximate surface area is 135 Å². The molecule has 0 aliphatic heterocycles. The molecule has 2 rings (SSSR count). The molecule has 0 radical (unpaired) electrons. The van der Waals surface area contributed by atoms with Gasteiger partial charge in [-0.25, -0.2) is 4.98 Å². The van der Waals surface area contributed by atoms with Crippen molar-refractivity contribution in [2.75, 3.05) is 25.9 Å². The first-order chi connectivity index (χ1) is 10.6. The summed E-state index contributed by atoms with van der Waals surface area (Å²) in [4.78, 5) is 10.3. The normalized spacial score (nSPS) is 13.1. The van der Waals surface area contributed by atoms with Gasteiger partial charge in [0, 0.05) is 23.6 Å². The van der Waals surface area contributed by atoms with Crippen LogP contribution >= 0.6 is 0 Å². The lowest BCUT2D eigenvalue weighted by molar-refractivity contribution is 0.278. The zero-order chi connectivity index (χ0) is 15.9. The van der Waals surface area contributed by atoms with E-state index in [2.05, 4.69) is 46.9 Å². The van der Waals surface area contributed by atoms with Crippen LogP contribution in [0.3, 0.4) is 0 Å². The molecule has 1 N–H and O–H groups in total. The van der Waals surface area contributed by atoms with E-state index in [1.807, 2.05) is 0 Å². The highest BCUT2D eigenvalue weighted by atomic mass is 32.2. The maximum Gasteiger partial charge on any atom is 0.119 e. The Morgan fingerprint density at radius 1 is 1.18 bits per heavy atom. The van der Waals surface area contributed by atoms with Gasteiger partial charge in [-0.05, 0) is 50.0 Å². The molecule has 0 saturated heterocycles. The fourth-order valence-electron chi connectivity index (χ4n) is 2.78. The van der Waals surface area contributed by atoms with Gasteiger partial charge in [0.1, 0.15) is 5.82 Å². The molecule has 1 atom stereocenters. The Kier molecular flexibility index (Phi) is 6.58. The van der Waals surface area contributed by atoms with Gasteiger partial charge >= 0.3 is 0 Å². The van der Waals surface area contributed by atoms with Crippen molar-refractivity contribution in [1.82, 2.24) is 14.9 Å². The highest BCUT2D eigenvalue weighted by Crippen LogP contribution is 2.15. The lowest BCUT2D eigenvalue weighted by atomic mass is 10.1. The van der Waals surface area contributed by atoms with Crippen molar-refractivity contribution in [3.63, 3.8) is 0 Å². The van der Waals surface area contributed by atoms with Crippen LogP contribution in [-0.4, -0.2) is 45.0 Å². The molecule has 122 valence electrons. The van der Waals surface area contributed by atoms with Gasteiger partial charge in [-0.2, -0.15) is 0 Å². The lowest BCUT2D eigenvalue weighted by Crippen LogP contribution is -2.27. The largest absolute Gasteiger partial charge is 0.341 e. The molecule has 0 bridgehead atoms. The monoisotopic (exact) mass is 321 g/mol. The topological polar surface area (TPSA) is 49.0 Å². The molecule has 1 unspecified atom stereocenters. The van der Waals surface area contributed by atoms with Crippen LogP contribution in [0.25, 0.3) is 11.0 Å². The highest BCUT2D eigenvalue weighted by Gasteiger charge is 2.07. The third-order valence-corrected chi connectivity index (χ3v) is 4.41. The lowest BCUT2D eigenvalue weighted by Gasteiger charge is -2.20. The number of hydrogen-bond acceptors (Lipinski definition) is 3. The second kappa shape index (κ2) is 8.44. The van der Waals surface area contributed by atoms with Gasteiger partial charge in [-0.3, -0.25) is 4.21 Å². The first-order valence-corrected chi connectivity index (χ1v) is 9.85. The van der Waals surface area contributed by atoms with Gasteiger partial charge in [0.15, 0.2) is 0 Å². The molecular formula is C17H27N3OS. The van der Waals surface area contributed by atoms with Crippen molar-refractivity contribution >= 4 is 21.8 Å². The van der Waals surface area contributed by atoms with Gasteiger partial charge in [0.2, 0.25) is 0 Å². The van der Waals surface area contributed by atoms with Crippen molar-refractivity contribution in [3.8, 4) is 0 Å². The predicted molar refractivity (Wildman–Crippen MR) is 94.6 cm³/mol. The molecule has 1 aromatic carbocycles. The number of imidazole rings is 1. The second-order valence-corrected chi connectivity index (χ2v) is 7.28. The average Bonchev–Trinajstić information content (AvgIpc) is 2.85. The summed E-state index contributed by atoms with van der Waals surface area (Å²) in [5.74, 6) is 1.30. The number of aromatic amines is 1. The van der Waals surface area contributed by atoms with E-state index in [9.17, 15) is 4.21 Å². The van der Waals surface area contributed by atoms with E-state index in [-0.39, 0.29) is 0 Å². The second-order valence-electron chi connectivity index (χ2n) is 5.84. The number of fused-ring (bicyclic) bond motifs is 1. The predicted octanol–water partition coefficient (Wildman–Crippen LogP) is 3.11. The van der Waals surface area contributed by atoms with Crippen molar-refractivity contribution in [1.29, 1.82) is 0 Å². The summed E-state index contributed by atoms with van der Waals surface area (Å²) in [6.45, 7) is 7.92. The van der Waals surface area contributed by atoms with Crippen molar-refractivity contribution < 1.29 is 4.21 Å². The third-order valence-electron chi connectivity index (χ3n) is 3.73. The number of aromatic nitrogens is 2. The quantitative estimate of drug-likeness (QED) is 0.772. The standard InChI is InChI=1S/C17H27N3OS/c1-4-9-20(10-5-2)11-8-14-6-7-15-16(12-14)19-17(18-15)13-22(3)21/h6-7,12H,4-5,8-11,13H2,1-3H3,(H,18,19). The summed E-state index contributed by atoms with van der Waals surface area (Å²) >= 11 is 0. The molecule has 5 heteroatoms. The maximum absolute atomic E-state index is 11.3. The number of rotatable bonds is 9. The van der Waals surface area contributed by atoms with Gasteiger partial charge in [-0.15, -0.1) is 0 Å². The maximum atomic E-state index is 11.3. The smallest absolute Gasteiger partial charge is 0.119 e. The summed E-state index contributed by atoms with van der Waals surface area (Å²) in [5, 5.41) is 0. The summed E-state index contributed by atoms with van der Waals surface area (Å²) in [6, 6.07) is 6.40. The molecule has 22 heavy (non-hydrogen) atoms. The molecule has 1 heterocycles. The molecule has 1 aromatic heterocycles. The fourth-order valence-corrected chi connectivity index (χ4v) is 3.30. The van der Waals surface area contributed by atoms with E-state index >= 15 is 0 Å². The van der Waals surface area contributed by atoms with E-state index < -0.39 is 10.8 Å². The SMILES string of the molecule is CCCN(CCC)CCc1ccc2nc(CS(C)=O)[nH]c2c1. The molecule has 0 fully saturated rings. The number of nitrogens with zero attached hydrogens (tertiary/aromatic N) is 2. The minimum absolute atomic E-state index is 0.491. The van der Waals surface area contributed by atoms with Crippen molar-refractivity contribution in [2.45, 2.75) is 38.9 Å². The minimum atomic E-state index is -0.863. The van der Waals surface area contributed by atoms with Crippen LogP contribution in [0.15, 0.2) is 18.2 Å². The van der Waals surface area contributed by atoms with Crippen LogP contribution in [-0.2, 0) is 23.0 Å². The van der Waals surface area contributed by atoms with Gasteiger partial charge in [-0.1, -0.05) is 19.9 Å². The molecule has 0 amide bonds. The zero-order valence-electron chi connectivity index (χ0n) is 13.9. The van der Waals surface area contributed by atoms with Crippen molar-refractivity contribution in [3.05, 3.63) is 29.6 Å². The van der Waals surface area contributed by atoms with E-state index in [0.717, 1.165) is 29.8 Å². The molecule has 2 aromatic rings. The summed E-state index contributed by atoms with van der Waals surface area (Å²) in [6.07, 6.45) is 5.17. The highest BCUT2D eigenvalue weighted by molar-refractivity contribution is 7.83. The van der Waals surface area contributed by atoms with Gasteiger partial charge in [0.25, 0.3) is 0 Å². The summed E-state index contributed by atoms with van der Waals surface area (Å²) in [5.41, 5.74) is 3.34. The molecule has 0 spiro atoms. The van der Waals surface area contributed by atoms with Gasteiger partial charge < -0.3 is 9.88 Å². The van der Waals surface area contributed by atoms with Crippen LogP contribution in [0.2, 0.25) is 0 Å². The number of hydrogen-bond donors (Lipinski definition) is 1. The van der Waals surface area contributed by atoms with E-state index in [1.165, 1.54) is 31.5 Å². The summed E-state index contributed by atoms with van der Waals surface area (Å²) < 4.78 is 11.3. The third kappa shape index (κ3) is 4.92. The first-order valence-electron chi connectivity index (χ1n) is 8.12. The molecule has 0 aliphatic carbocycles. The Morgan fingerprint density at radius 3 is 2.55 bits per heavy atom. The Bertz CT molecular complexity index is 617. The van der Waals surface area contributed by atoms with Crippen LogP contribution in [0.5, 0.6) is 0 Å². The number of nitrogens with one attached hydrogen (secondary N) is 1. The van der Waals surface area contributed by atoms with E-state index in [0.29, 0.717) is 5.75 Å². The minimum Gasteiger partial charge on any atom is -0.341 e. The number of H-pyrrole nitrogens is 1. The van der Waals surface area contributed by atoms with Crippen LogP contribution < -0.4 is 0 Å². The van der Waals surface area contributed by atoms with Gasteiger partial charge in [0.05, 0.1) is 16.8 Å². The van der Waals surface area contributed by atoms with Crippen molar-refractivity contribution in [2.24, 2.45) is 0 Å². The molecular weight excluding hydrogens is 294 g/mol. The Morgan fingerprint density at radius 2 is 1.91 bits per heavy atom. The average molecular weight is 321 g/mol.